The molecule has 2 aromatic rings. The molecule has 2 rings (SSSR count). The van der Waals surface area contributed by atoms with Gasteiger partial charge in [-0.2, -0.15) is 4.98 Å². The average molecular weight is 335 g/mol. The van der Waals surface area contributed by atoms with Crippen molar-refractivity contribution in [3.8, 4) is 5.88 Å². The Morgan fingerprint density at radius 2 is 2.35 bits per heavy atom. The SMILES string of the molecule is C=C=CCCN(Cc1cn(C)nn1)c1ncc(Cl)c(OCC)n1. The van der Waals surface area contributed by atoms with Gasteiger partial charge in [-0.3, -0.25) is 4.68 Å². The highest BCUT2D eigenvalue weighted by Gasteiger charge is 2.15. The summed E-state index contributed by atoms with van der Waals surface area (Å²) in [7, 11) is 1.83. The first-order valence-electron chi connectivity index (χ1n) is 7.23. The van der Waals surface area contributed by atoms with Crippen molar-refractivity contribution in [3.05, 3.63) is 41.5 Å². The van der Waals surface area contributed by atoms with Crippen LogP contribution in [0.2, 0.25) is 5.02 Å². The van der Waals surface area contributed by atoms with Gasteiger partial charge in [0.2, 0.25) is 11.8 Å². The van der Waals surface area contributed by atoms with Crippen LogP contribution in [-0.4, -0.2) is 38.1 Å². The average Bonchev–Trinajstić information content (AvgIpc) is 2.94. The molecule has 2 aromatic heterocycles. The first-order valence-corrected chi connectivity index (χ1v) is 7.61. The summed E-state index contributed by atoms with van der Waals surface area (Å²) in [6.07, 6.45) is 6.03. The summed E-state index contributed by atoms with van der Waals surface area (Å²) in [5.74, 6) is 0.906. The molecule has 0 unspecified atom stereocenters. The lowest BCUT2D eigenvalue weighted by atomic mass is 10.3. The molecule has 7 nitrogen and oxygen atoms in total. The van der Waals surface area contributed by atoms with Crippen molar-refractivity contribution >= 4 is 17.5 Å². The van der Waals surface area contributed by atoms with E-state index in [4.69, 9.17) is 16.3 Å². The summed E-state index contributed by atoms with van der Waals surface area (Å²) in [6.45, 7) is 7.16. The molecule has 0 bridgehead atoms. The highest BCUT2D eigenvalue weighted by Crippen LogP contribution is 2.24. The van der Waals surface area contributed by atoms with Gasteiger partial charge in [0.25, 0.3) is 0 Å². The van der Waals surface area contributed by atoms with E-state index >= 15 is 0 Å². The van der Waals surface area contributed by atoms with Gasteiger partial charge in [0.15, 0.2) is 0 Å². The Kier molecular flexibility index (Phi) is 6.14. The third kappa shape index (κ3) is 4.81. The lowest BCUT2D eigenvalue weighted by Crippen LogP contribution is -2.26. The monoisotopic (exact) mass is 334 g/mol. The van der Waals surface area contributed by atoms with Crippen LogP contribution in [0.1, 0.15) is 19.0 Å². The van der Waals surface area contributed by atoms with Crippen molar-refractivity contribution < 1.29 is 4.74 Å². The van der Waals surface area contributed by atoms with Crippen molar-refractivity contribution in [1.82, 2.24) is 25.0 Å². The Hall–Kier alpha value is -2.37. The lowest BCUT2D eigenvalue weighted by Gasteiger charge is -2.21. The molecule has 122 valence electrons. The van der Waals surface area contributed by atoms with Crippen LogP contribution in [0, 0.1) is 0 Å². The topological polar surface area (TPSA) is 69.0 Å². The maximum Gasteiger partial charge on any atom is 0.237 e. The fourth-order valence-corrected chi connectivity index (χ4v) is 2.11. The second-order valence-corrected chi connectivity index (χ2v) is 5.17. The zero-order chi connectivity index (χ0) is 16.7. The van der Waals surface area contributed by atoms with Crippen LogP contribution >= 0.6 is 11.6 Å². The highest BCUT2D eigenvalue weighted by molar-refractivity contribution is 6.31. The minimum Gasteiger partial charge on any atom is -0.477 e. The van der Waals surface area contributed by atoms with Crippen LogP contribution in [0.3, 0.4) is 0 Å². The molecule has 0 N–H and O–H groups in total. The number of halogens is 1. The highest BCUT2D eigenvalue weighted by atomic mass is 35.5. The Morgan fingerprint density at radius 1 is 1.52 bits per heavy atom. The molecule has 0 saturated carbocycles. The van der Waals surface area contributed by atoms with Crippen LogP contribution < -0.4 is 9.64 Å². The van der Waals surface area contributed by atoms with Gasteiger partial charge in [-0.15, -0.1) is 10.8 Å². The van der Waals surface area contributed by atoms with Crippen molar-refractivity contribution in [2.75, 3.05) is 18.1 Å². The molecular formula is C15H19ClN6O. The van der Waals surface area contributed by atoms with Crippen molar-refractivity contribution in [2.24, 2.45) is 7.05 Å². The number of rotatable bonds is 8. The number of nitrogens with zero attached hydrogens (tertiary/aromatic N) is 6. The Balaban J connectivity index is 2.24. The summed E-state index contributed by atoms with van der Waals surface area (Å²) in [5.41, 5.74) is 3.59. The van der Waals surface area contributed by atoms with Crippen LogP contribution in [0.5, 0.6) is 5.88 Å². The number of aryl methyl sites for hydroxylation is 1. The standard InChI is InChI=1S/C15H19ClN6O/c1-4-6-7-8-22(11-12-10-21(3)20-19-12)15-17-9-13(16)14(18-15)23-5-2/h6,9-10H,1,5,7-8,11H2,2-3H3. The van der Waals surface area contributed by atoms with Gasteiger partial charge < -0.3 is 9.64 Å². The van der Waals surface area contributed by atoms with Gasteiger partial charge in [0.05, 0.1) is 19.3 Å². The summed E-state index contributed by atoms with van der Waals surface area (Å²) in [5, 5.41) is 8.44. The van der Waals surface area contributed by atoms with Gasteiger partial charge in [-0.25, -0.2) is 4.98 Å². The zero-order valence-corrected chi connectivity index (χ0v) is 14.0. The largest absolute Gasteiger partial charge is 0.477 e. The molecule has 0 aliphatic carbocycles. The third-order valence-corrected chi connectivity index (χ3v) is 3.21. The molecule has 23 heavy (non-hydrogen) atoms. The van der Waals surface area contributed by atoms with Crippen molar-refractivity contribution in [1.29, 1.82) is 0 Å². The Bertz CT molecular complexity index is 695. The lowest BCUT2D eigenvalue weighted by molar-refractivity contribution is 0.326. The molecule has 0 aliphatic rings. The maximum absolute atomic E-state index is 6.05. The summed E-state index contributed by atoms with van der Waals surface area (Å²) in [6, 6.07) is 0. The molecule has 0 aliphatic heterocycles. The molecule has 0 fully saturated rings. The number of hydrogen-bond acceptors (Lipinski definition) is 6. The second kappa shape index (κ2) is 8.31. The van der Waals surface area contributed by atoms with E-state index in [0.29, 0.717) is 36.5 Å². The van der Waals surface area contributed by atoms with Gasteiger partial charge >= 0.3 is 0 Å². The number of anilines is 1. The van der Waals surface area contributed by atoms with E-state index in [9.17, 15) is 0 Å². The van der Waals surface area contributed by atoms with E-state index in [-0.39, 0.29) is 0 Å². The fraction of sp³-hybridized carbons (Fsp3) is 0.400. The van der Waals surface area contributed by atoms with Crippen LogP contribution in [0.15, 0.2) is 30.8 Å². The first-order chi connectivity index (χ1) is 11.1. The molecule has 0 atom stereocenters. The quantitative estimate of drug-likeness (QED) is 0.690. The molecule has 0 saturated heterocycles. The molecule has 2 heterocycles. The van der Waals surface area contributed by atoms with Crippen LogP contribution in [-0.2, 0) is 13.6 Å². The summed E-state index contributed by atoms with van der Waals surface area (Å²) in [4.78, 5) is 10.7. The smallest absolute Gasteiger partial charge is 0.237 e. The fourth-order valence-electron chi connectivity index (χ4n) is 1.97. The predicted molar refractivity (Wildman–Crippen MR) is 88.6 cm³/mol. The van der Waals surface area contributed by atoms with E-state index in [0.717, 1.165) is 12.1 Å². The van der Waals surface area contributed by atoms with E-state index in [1.807, 2.05) is 31.1 Å². The van der Waals surface area contributed by atoms with Gasteiger partial charge in [-0.05, 0) is 19.4 Å². The minimum atomic E-state index is 0.377. The Labute approximate surface area is 140 Å². The number of ether oxygens (including phenoxy) is 1. The van der Waals surface area contributed by atoms with Crippen LogP contribution in [0.4, 0.5) is 5.95 Å². The predicted octanol–water partition coefficient (Wildman–Crippen LogP) is 2.40. The van der Waals surface area contributed by atoms with Gasteiger partial charge in [0, 0.05) is 19.8 Å². The summed E-state index contributed by atoms with van der Waals surface area (Å²) >= 11 is 6.05. The molecule has 0 amide bonds. The molecule has 0 spiro atoms. The normalized spacial score (nSPS) is 10.2. The number of aromatic nitrogens is 5. The second-order valence-electron chi connectivity index (χ2n) is 4.76. The maximum atomic E-state index is 6.05. The van der Waals surface area contributed by atoms with E-state index in [1.165, 1.54) is 0 Å². The van der Waals surface area contributed by atoms with Crippen molar-refractivity contribution in [2.45, 2.75) is 19.9 Å². The molecular weight excluding hydrogens is 316 g/mol. The molecule has 0 aromatic carbocycles. The minimum absolute atomic E-state index is 0.377. The zero-order valence-electron chi connectivity index (χ0n) is 13.2. The summed E-state index contributed by atoms with van der Waals surface area (Å²) < 4.78 is 7.09. The molecule has 8 heteroatoms. The number of hydrogen-bond donors (Lipinski definition) is 0. The van der Waals surface area contributed by atoms with E-state index < -0.39 is 0 Å². The van der Waals surface area contributed by atoms with Crippen molar-refractivity contribution in [3.63, 3.8) is 0 Å². The van der Waals surface area contributed by atoms with E-state index in [1.54, 1.807) is 10.9 Å². The molecule has 0 radical (unpaired) electrons. The van der Waals surface area contributed by atoms with Gasteiger partial charge in [-0.1, -0.05) is 23.4 Å². The third-order valence-electron chi connectivity index (χ3n) is 2.95. The van der Waals surface area contributed by atoms with E-state index in [2.05, 4.69) is 32.6 Å². The van der Waals surface area contributed by atoms with Crippen LogP contribution in [0.25, 0.3) is 0 Å². The Morgan fingerprint density at radius 3 is 3.00 bits per heavy atom. The van der Waals surface area contributed by atoms with Gasteiger partial charge in [0.1, 0.15) is 10.7 Å². The first kappa shape index (κ1) is 17.0.